The third-order valence-electron chi connectivity index (χ3n) is 2.72. The molecule has 2 rings (SSSR count). The maximum Gasteiger partial charge on any atom is 0.238 e. The van der Waals surface area contributed by atoms with Crippen molar-refractivity contribution < 1.29 is 4.79 Å². The van der Waals surface area contributed by atoms with Crippen molar-refractivity contribution in [2.45, 2.75) is 20.3 Å². The molecule has 0 spiro atoms. The Morgan fingerprint density at radius 2 is 2.11 bits per heavy atom. The quantitative estimate of drug-likeness (QED) is 0.876. The molecule has 1 amide bonds. The van der Waals surface area contributed by atoms with E-state index >= 15 is 0 Å². The zero-order chi connectivity index (χ0) is 13.1. The van der Waals surface area contributed by atoms with E-state index in [-0.39, 0.29) is 12.3 Å². The summed E-state index contributed by atoms with van der Waals surface area (Å²) >= 11 is 0. The largest absolute Gasteiger partial charge is 0.324 e. The second-order valence-electron chi connectivity index (χ2n) is 4.16. The van der Waals surface area contributed by atoms with Crippen LogP contribution in [0.4, 0.5) is 5.69 Å². The molecule has 1 heterocycles. The molecule has 1 aromatic carbocycles. The van der Waals surface area contributed by atoms with E-state index in [1.54, 1.807) is 0 Å². The lowest BCUT2D eigenvalue weighted by atomic mass is 10.1. The van der Waals surface area contributed by atoms with Crippen LogP contribution >= 0.6 is 0 Å². The minimum absolute atomic E-state index is 0.144. The number of anilines is 1. The normalized spacial score (nSPS) is 10.1. The average Bonchev–Trinajstić information content (AvgIpc) is 2.33. The Bertz CT molecular complexity index is 656. The Hall–Kier alpha value is -2.41. The zero-order valence-electron chi connectivity index (χ0n) is 10.3. The van der Waals surface area contributed by atoms with Gasteiger partial charge in [0.15, 0.2) is 0 Å². The Labute approximate surface area is 105 Å². The summed E-state index contributed by atoms with van der Waals surface area (Å²) in [5.74, 6) is -0.298. The zero-order valence-corrected chi connectivity index (χ0v) is 10.3. The summed E-state index contributed by atoms with van der Waals surface area (Å²) in [5.41, 5.74) is 3.47. The van der Waals surface area contributed by atoms with Gasteiger partial charge in [-0.1, -0.05) is 6.07 Å². The van der Waals surface area contributed by atoms with E-state index in [9.17, 15) is 4.79 Å². The number of aromatic nitrogens is 1. The first-order valence-corrected chi connectivity index (χ1v) is 5.65. The van der Waals surface area contributed by atoms with Gasteiger partial charge in [0, 0.05) is 11.1 Å². The molecule has 0 radical (unpaired) electrons. The Balaban J connectivity index is 2.51. The number of nitrogens with one attached hydrogen (secondary N) is 1. The number of fused-ring (bicyclic) bond motifs is 1. The maximum atomic E-state index is 11.5. The molecule has 2 aromatic rings. The summed E-state index contributed by atoms with van der Waals surface area (Å²) in [6, 6.07) is 9.52. The number of rotatable bonds is 2. The monoisotopic (exact) mass is 239 g/mol. The van der Waals surface area contributed by atoms with Gasteiger partial charge < -0.3 is 5.32 Å². The number of pyridine rings is 1. The fourth-order valence-electron chi connectivity index (χ4n) is 1.84. The van der Waals surface area contributed by atoms with Gasteiger partial charge in [-0.05, 0) is 37.6 Å². The SMILES string of the molecule is Cc1ccc2c(NC(=O)CC#N)c(C)ccc2n1. The minimum atomic E-state index is -0.298. The van der Waals surface area contributed by atoms with Gasteiger partial charge in [-0.2, -0.15) is 5.26 Å². The molecule has 0 unspecified atom stereocenters. The molecule has 0 atom stereocenters. The summed E-state index contributed by atoms with van der Waals surface area (Å²) < 4.78 is 0. The molecule has 18 heavy (non-hydrogen) atoms. The highest BCUT2D eigenvalue weighted by Gasteiger charge is 2.09. The topological polar surface area (TPSA) is 65.8 Å². The number of aryl methyl sites for hydroxylation is 2. The average molecular weight is 239 g/mol. The Morgan fingerprint density at radius 1 is 1.33 bits per heavy atom. The lowest BCUT2D eigenvalue weighted by molar-refractivity contribution is -0.115. The van der Waals surface area contributed by atoms with Gasteiger partial charge >= 0.3 is 0 Å². The molecule has 0 fully saturated rings. The van der Waals surface area contributed by atoms with Gasteiger partial charge in [0.05, 0.1) is 17.3 Å². The number of amides is 1. The number of hydrogen-bond acceptors (Lipinski definition) is 3. The summed E-state index contributed by atoms with van der Waals surface area (Å²) in [4.78, 5) is 15.9. The van der Waals surface area contributed by atoms with Crippen molar-refractivity contribution in [3.8, 4) is 6.07 Å². The lowest BCUT2D eigenvalue weighted by Crippen LogP contribution is -2.11. The number of carbonyl (C=O) groups is 1. The Morgan fingerprint density at radius 3 is 2.83 bits per heavy atom. The molecule has 0 saturated heterocycles. The van der Waals surface area contributed by atoms with Crippen molar-refractivity contribution >= 4 is 22.5 Å². The number of carbonyl (C=O) groups excluding carboxylic acids is 1. The highest BCUT2D eigenvalue weighted by atomic mass is 16.1. The van der Waals surface area contributed by atoms with Gasteiger partial charge in [-0.25, -0.2) is 0 Å². The molecule has 4 nitrogen and oxygen atoms in total. The van der Waals surface area contributed by atoms with Gasteiger partial charge in [-0.3, -0.25) is 9.78 Å². The van der Waals surface area contributed by atoms with E-state index in [1.807, 2.05) is 44.2 Å². The number of nitrogens with zero attached hydrogens (tertiary/aromatic N) is 2. The molecular formula is C14H13N3O. The molecule has 4 heteroatoms. The third-order valence-corrected chi connectivity index (χ3v) is 2.72. The van der Waals surface area contributed by atoms with Gasteiger partial charge in [0.1, 0.15) is 6.42 Å². The molecule has 1 aromatic heterocycles. The van der Waals surface area contributed by atoms with Gasteiger partial charge in [-0.15, -0.1) is 0 Å². The molecule has 90 valence electrons. The molecule has 0 aliphatic heterocycles. The van der Waals surface area contributed by atoms with Crippen molar-refractivity contribution in [2.24, 2.45) is 0 Å². The standard InChI is InChI=1S/C14H13N3O/c1-9-3-6-12-11(5-4-10(2)16-12)14(9)17-13(18)7-8-15/h3-6H,7H2,1-2H3,(H,17,18). The van der Waals surface area contributed by atoms with E-state index < -0.39 is 0 Å². The van der Waals surface area contributed by atoms with Crippen LogP contribution in [-0.2, 0) is 4.79 Å². The third kappa shape index (κ3) is 2.30. The number of benzene rings is 1. The first kappa shape index (κ1) is 12.1. The van der Waals surface area contributed by atoms with Crippen molar-refractivity contribution in [3.63, 3.8) is 0 Å². The predicted molar refractivity (Wildman–Crippen MR) is 70.1 cm³/mol. The van der Waals surface area contributed by atoms with Crippen molar-refractivity contribution in [2.75, 3.05) is 5.32 Å². The fraction of sp³-hybridized carbons (Fsp3) is 0.214. The van der Waals surface area contributed by atoms with Crippen LogP contribution in [0.3, 0.4) is 0 Å². The van der Waals surface area contributed by atoms with E-state index in [0.717, 1.165) is 27.8 Å². The first-order valence-electron chi connectivity index (χ1n) is 5.65. The van der Waals surface area contributed by atoms with Crippen molar-refractivity contribution in [3.05, 3.63) is 35.5 Å². The molecule has 0 saturated carbocycles. The van der Waals surface area contributed by atoms with Crippen LogP contribution in [0.2, 0.25) is 0 Å². The van der Waals surface area contributed by atoms with Crippen LogP contribution in [0.5, 0.6) is 0 Å². The molecular weight excluding hydrogens is 226 g/mol. The van der Waals surface area contributed by atoms with Crippen LogP contribution in [-0.4, -0.2) is 10.9 Å². The summed E-state index contributed by atoms with van der Waals surface area (Å²) in [6.45, 7) is 3.84. The fourth-order valence-corrected chi connectivity index (χ4v) is 1.84. The second-order valence-corrected chi connectivity index (χ2v) is 4.16. The van der Waals surface area contributed by atoms with Gasteiger partial charge in [0.2, 0.25) is 5.91 Å². The molecule has 1 N–H and O–H groups in total. The minimum Gasteiger partial charge on any atom is -0.324 e. The summed E-state index contributed by atoms with van der Waals surface area (Å²) in [7, 11) is 0. The van der Waals surface area contributed by atoms with E-state index in [0.29, 0.717) is 0 Å². The van der Waals surface area contributed by atoms with Crippen molar-refractivity contribution in [1.29, 1.82) is 5.26 Å². The van der Waals surface area contributed by atoms with Crippen LogP contribution in [0.15, 0.2) is 24.3 Å². The van der Waals surface area contributed by atoms with Crippen LogP contribution in [0.1, 0.15) is 17.7 Å². The number of hydrogen-bond donors (Lipinski definition) is 1. The Kier molecular flexibility index (Phi) is 3.24. The second kappa shape index (κ2) is 4.84. The predicted octanol–water partition coefficient (Wildman–Crippen LogP) is 2.70. The van der Waals surface area contributed by atoms with Gasteiger partial charge in [0.25, 0.3) is 0 Å². The van der Waals surface area contributed by atoms with E-state index in [1.165, 1.54) is 0 Å². The maximum absolute atomic E-state index is 11.5. The highest BCUT2D eigenvalue weighted by Crippen LogP contribution is 2.26. The molecule has 0 bridgehead atoms. The summed E-state index contributed by atoms with van der Waals surface area (Å²) in [5, 5.41) is 12.2. The van der Waals surface area contributed by atoms with Crippen LogP contribution in [0, 0.1) is 25.2 Å². The lowest BCUT2D eigenvalue weighted by Gasteiger charge is -2.11. The van der Waals surface area contributed by atoms with Crippen molar-refractivity contribution in [1.82, 2.24) is 4.98 Å². The summed E-state index contributed by atoms with van der Waals surface area (Å²) in [6.07, 6.45) is -0.144. The van der Waals surface area contributed by atoms with Crippen LogP contribution in [0.25, 0.3) is 10.9 Å². The first-order chi connectivity index (χ1) is 8.61. The number of nitriles is 1. The van der Waals surface area contributed by atoms with Crippen LogP contribution < -0.4 is 5.32 Å². The molecule has 0 aliphatic rings. The van der Waals surface area contributed by atoms with E-state index in [2.05, 4.69) is 10.3 Å². The highest BCUT2D eigenvalue weighted by molar-refractivity contribution is 6.02. The van der Waals surface area contributed by atoms with E-state index in [4.69, 9.17) is 5.26 Å². The smallest absolute Gasteiger partial charge is 0.238 e. The molecule has 0 aliphatic carbocycles.